The highest BCUT2D eigenvalue weighted by molar-refractivity contribution is 7.99. The van der Waals surface area contributed by atoms with Crippen LogP contribution in [0.25, 0.3) is 0 Å². The molecule has 2 aromatic rings. The Labute approximate surface area is 209 Å². The molecule has 178 valence electrons. The molecular weight excluding hydrogens is 470 g/mol. The van der Waals surface area contributed by atoms with Crippen molar-refractivity contribution >= 4 is 35.1 Å². The molecule has 1 saturated heterocycles. The number of hydrogen-bond acceptors (Lipinski definition) is 6. The summed E-state index contributed by atoms with van der Waals surface area (Å²) in [6, 6.07) is 12.2. The van der Waals surface area contributed by atoms with Gasteiger partial charge < -0.3 is 14.4 Å². The molecule has 0 amide bonds. The number of fused-ring (bicyclic) bond motifs is 1. The second kappa shape index (κ2) is 8.74. The Kier molecular flexibility index (Phi) is 6.03. The van der Waals surface area contributed by atoms with Crippen LogP contribution in [0.3, 0.4) is 0 Å². The van der Waals surface area contributed by atoms with E-state index < -0.39 is 5.41 Å². The summed E-state index contributed by atoms with van der Waals surface area (Å²) in [5, 5.41) is 0.769. The van der Waals surface area contributed by atoms with Crippen molar-refractivity contribution in [2.75, 3.05) is 20.7 Å². The number of thioether (sulfide) groups is 1. The number of likely N-dealkylation sites (N-methyl/N-ethyl adjacent to an activating group) is 1. The lowest BCUT2D eigenvalue weighted by Gasteiger charge is -2.59. The van der Waals surface area contributed by atoms with Gasteiger partial charge in [-0.25, -0.2) is 0 Å². The number of Topliss-reactive ketones (excluding diaryl/α,β-unsaturated/α-hetero) is 1. The molecule has 4 atom stereocenters. The van der Waals surface area contributed by atoms with Gasteiger partial charge in [-0.2, -0.15) is 0 Å². The molecule has 7 heteroatoms. The molecule has 0 radical (unpaired) electrons. The highest BCUT2D eigenvalue weighted by atomic mass is 35.5. The van der Waals surface area contributed by atoms with E-state index in [-0.39, 0.29) is 29.0 Å². The first-order valence-corrected chi connectivity index (χ1v) is 12.7. The van der Waals surface area contributed by atoms with Crippen LogP contribution in [0.1, 0.15) is 41.7 Å². The molecule has 34 heavy (non-hydrogen) atoms. The van der Waals surface area contributed by atoms with E-state index in [1.54, 1.807) is 18.9 Å². The largest absolute Gasteiger partial charge is 0.493 e. The molecule has 2 bridgehead atoms. The number of halogens is 1. The molecule has 0 unspecified atom stereocenters. The van der Waals surface area contributed by atoms with Gasteiger partial charge in [-0.15, -0.1) is 11.8 Å². The molecular formula is C27H28ClNO4S. The van der Waals surface area contributed by atoms with Crippen molar-refractivity contribution in [1.82, 2.24) is 4.90 Å². The summed E-state index contributed by atoms with van der Waals surface area (Å²) in [5.41, 5.74) is 2.63. The number of ketones is 1. The molecule has 0 spiro atoms. The lowest BCUT2D eigenvalue weighted by atomic mass is 9.53. The molecule has 3 aliphatic rings. The van der Waals surface area contributed by atoms with Crippen LogP contribution in [-0.4, -0.2) is 43.4 Å². The number of esters is 1. The fourth-order valence-corrected chi connectivity index (χ4v) is 7.63. The van der Waals surface area contributed by atoms with E-state index in [0.717, 1.165) is 34.6 Å². The Bertz CT molecular complexity index is 1190. The van der Waals surface area contributed by atoms with E-state index >= 15 is 0 Å². The Morgan fingerprint density at radius 3 is 2.62 bits per heavy atom. The summed E-state index contributed by atoms with van der Waals surface area (Å²) in [7, 11) is 3.72. The zero-order chi connectivity index (χ0) is 24.2. The zero-order valence-corrected chi connectivity index (χ0v) is 21.3. The SMILES string of the molecule is COC1=C[C@@H]2[C@@H]3[C@H](Sc4ccc(Cl)cc4)c4ccc(C)c(OC(C)=O)c4[C@]2(CCN3C)CC1=O. The number of ether oxygens (including phenoxy) is 2. The minimum Gasteiger partial charge on any atom is -0.493 e. The third kappa shape index (κ3) is 3.67. The van der Waals surface area contributed by atoms with Crippen molar-refractivity contribution in [3.8, 4) is 5.75 Å². The quantitative estimate of drug-likeness (QED) is 0.411. The van der Waals surface area contributed by atoms with Crippen LogP contribution in [0.2, 0.25) is 5.02 Å². The van der Waals surface area contributed by atoms with Crippen molar-refractivity contribution in [3.63, 3.8) is 0 Å². The van der Waals surface area contributed by atoms with Crippen molar-refractivity contribution in [2.45, 2.75) is 48.3 Å². The third-order valence-corrected chi connectivity index (χ3v) is 9.13. The minimum absolute atomic E-state index is 0.00656. The van der Waals surface area contributed by atoms with Crippen LogP contribution in [0.5, 0.6) is 5.75 Å². The molecule has 0 saturated carbocycles. The molecule has 0 aromatic heterocycles. The number of carbonyl (C=O) groups excluding carboxylic acids is 2. The summed E-state index contributed by atoms with van der Waals surface area (Å²) in [6.45, 7) is 4.26. The number of allylic oxidation sites excluding steroid dienone is 1. The van der Waals surface area contributed by atoms with E-state index in [9.17, 15) is 9.59 Å². The van der Waals surface area contributed by atoms with Gasteiger partial charge >= 0.3 is 5.97 Å². The molecule has 5 nitrogen and oxygen atoms in total. The van der Waals surface area contributed by atoms with Crippen molar-refractivity contribution in [2.24, 2.45) is 5.92 Å². The predicted molar refractivity (Wildman–Crippen MR) is 133 cm³/mol. The van der Waals surface area contributed by atoms with Gasteiger partial charge in [0.25, 0.3) is 0 Å². The first kappa shape index (κ1) is 23.5. The lowest BCUT2D eigenvalue weighted by molar-refractivity contribution is -0.132. The van der Waals surface area contributed by atoms with E-state index in [0.29, 0.717) is 23.0 Å². The van der Waals surface area contributed by atoms with E-state index in [1.807, 2.05) is 43.3 Å². The minimum atomic E-state index is -0.431. The van der Waals surface area contributed by atoms with Gasteiger partial charge in [0.15, 0.2) is 11.5 Å². The van der Waals surface area contributed by atoms with Crippen LogP contribution < -0.4 is 4.74 Å². The zero-order valence-electron chi connectivity index (χ0n) is 19.8. The molecule has 5 rings (SSSR count). The molecule has 1 aliphatic heterocycles. The average molecular weight is 498 g/mol. The molecule has 1 fully saturated rings. The number of carbonyl (C=O) groups is 2. The maximum Gasteiger partial charge on any atom is 0.308 e. The number of rotatable bonds is 4. The van der Waals surface area contributed by atoms with Crippen LogP contribution in [-0.2, 0) is 19.7 Å². The Morgan fingerprint density at radius 1 is 1.21 bits per heavy atom. The van der Waals surface area contributed by atoms with Gasteiger partial charge in [0, 0.05) is 46.2 Å². The van der Waals surface area contributed by atoms with E-state index in [1.165, 1.54) is 6.92 Å². The average Bonchev–Trinajstić information content (AvgIpc) is 2.80. The van der Waals surface area contributed by atoms with Crippen LogP contribution in [0, 0.1) is 12.8 Å². The van der Waals surface area contributed by atoms with Gasteiger partial charge in [0.1, 0.15) is 5.75 Å². The molecule has 0 N–H and O–H groups in total. The summed E-state index contributed by atoms with van der Waals surface area (Å²) in [4.78, 5) is 28.8. The van der Waals surface area contributed by atoms with Crippen LogP contribution in [0.4, 0.5) is 0 Å². The number of likely N-dealkylation sites (tertiary alicyclic amines) is 1. The van der Waals surface area contributed by atoms with Gasteiger partial charge in [-0.1, -0.05) is 23.7 Å². The highest BCUT2D eigenvalue weighted by Gasteiger charge is 2.59. The van der Waals surface area contributed by atoms with Crippen LogP contribution >= 0.6 is 23.4 Å². The summed E-state index contributed by atoms with van der Waals surface area (Å²) in [6.07, 6.45) is 3.20. The Hall–Kier alpha value is -2.28. The first-order valence-electron chi connectivity index (χ1n) is 11.5. The highest BCUT2D eigenvalue weighted by Crippen LogP contribution is 2.62. The number of nitrogens with zero attached hydrogens (tertiary/aromatic N) is 1. The van der Waals surface area contributed by atoms with E-state index in [4.69, 9.17) is 21.1 Å². The first-order chi connectivity index (χ1) is 16.2. The monoisotopic (exact) mass is 497 g/mol. The van der Waals surface area contributed by atoms with Gasteiger partial charge in [0.2, 0.25) is 0 Å². The molecule has 2 aliphatic carbocycles. The Balaban J connectivity index is 1.77. The van der Waals surface area contributed by atoms with Gasteiger partial charge in [-0.3, -0.25) is 9.59 Å². The normalized spacial score (nSPS) is 28.0. The van der Waals surface area contributed by atoms with Crippen molar-refractivity contribution in [3.05, 3.63) is 69.9 Å². The number of piperidine rings is 1. The van der Waals surface area contributed by atoms with Crippen molar-refractivity contribution in [1.29, 1.82) is 0 Å². The maximum atomic E-state index is 13.2. The number of hydrogen-bond donors (Lipinski definition) is 0. The summed E-state index contributed by atoms with van der Waals surface area (Å²) in [5.74, 6) is 0.749. The Morgan fingerprint density at radius 2 is 1.94 bits per heavy atom. The van der Waals surface area contributed by atoms with Crippen LogP contribution in [0.15, 0.2) is 53.1 Å². The summed E-state index contributed by atoms with van der Waals surface area (Å²) < 4.78 is 11.4. The smallest absolute Gasteiger partial charge is 0.308 e. The number of methoxy groups -OCH3 is 1. The second-order valence-electron chi connectivity index (χ2n) is 9.50. The molecule has 2 aromatic carbocycles. The summed E-state index contributed by atoms with van der Waals surface area (Å²) >= 11 is 7.93. The second-order valence-corrected chi connectivity index (χ2v) is 11.2. The van der Waals surface area contributed by atoms with Crippen molar-refractivity contribution < 1.29 is 19.1 Å². The lowest BCUT2D eigenvalue weighted by Crippen LogP contribution is -2.61. The third-order valence-electron chi connectivity index (χ3n) is 7.55. The molecule has 1 heterocycles. The standard InChI is InChI=1S/C27H28ClNO4S/c1-15-5-10-19-23(25(15)33-16(2)30)27-11-12-29(3)24(20(27)13-22(32-4)21(31)14-27)26(19)34-18-8-6-17(28)7-9-18/h5-10,13,20,24,26H,11-12,14H2,1-4H3/t20-,24-,26-,27-/m1/s1. The fourth-order valence-electron chi connectivity index (χ4n) is 6.07. The number of benzene rings is 2. The topological polar surface area (TPSA) is 55.8 Å². The van der Waals surface area contributed by atoms with Gasteiger partial charge in [-0.05, 0) is 68.4 Å². The van der Waals surface area contributed by atoms with Gasteiger partial charge in [0.05, 0.1) is 12.4 Å². The predicted octanol–water partition coefficient (Wildman–Crippen LogP) is 5.48. The maximum absolute atomic E-state index is 13.2. The number of aryl methyl sites for hydroxylation is 1. The fraction of sp³-hybridized carbons (Fsp3) is 0.407. The van der Waals surface area contributed by atoms with E-state index in [2.05, 4.69) is 18.0 Å².